The van der Waals surface area contributed by atoms with E-state index in [0.717, 1.165) is 36.5 Å². The molecular formula is C19H26N4O2. The average Bonchev–Trinajstić information content (AvgIpc) is 2.62. The van der Waals surface area contributed by atoms with Crippen molar-refractivity contribution in [3.05, 3.63) is 53.9 Å². The van der Waals surface area contributed by atoms with E-state index in [2.05, 4.69) is 21.7 Å². The second-order valence-electron chi connectivity index (χ2n) is 5.98. The van der Waals surface area contributed by atoms with Crippen molar-refractivity contribution in [2.75, 3.05) is 46.2 Å². The molecule has 1 amide bonds. The van der Waals surface area contributed by atoms with Crippen molar-refractivity contribution in [1.82, 2.24) is 15.2 Å². The van der Waals surface area contributed by atoms with Crippen LogP contribution in [0.25, 0.3) is 0 Å². The molecule has 0 unspecified atom stereocenters. The molecule has 0 aliphatic carbocycles. The molecule has 0 atom stereocenters. The highest BCUT2D eigenvalue weighted by Gasteiger charge is 2.07. The Morgan fingerprint density at radius 2 is 1.96 bits per heavy atom. The molecule has 0 saturated carbocycles. The number of hydrogen-bond donors (Lipinski definition) is 2. The molecule has 0 aliphatic rings. The highest BCUT2D eigenvalue weighted by atomic mass is 16.5. The molecule has 2 N–H and O–H groups in total. The standard InChI is InChI=1S/C19H26N4O2/c1-23(2)13-12-21-19(24)17-9-8-16(14-22-17)20-11-10-15-6-4-5-7-18(15)25-3/h4-9,14,20H,10-13H2,1-3H3,(H,21,24). The van der Waals surface area contributed by atoms with Crippen molar-refractivity contribution >= 4 is 11.6 Å². The first-order chi connectivity index (χ1) is 12.1. The quantitative estimate of drug-likeness (QED) is 0.730. The van der Waals surface area contributed by atoms with Crippen LogP contribution in [0, 0.1) is 0 Å². The summed E-state index contributed by atoms with van der Waals surface area (Å²) >= 11 is 0. The Morgan fingerprint density at radius 1 is 1.16 bits per heavy atom. The van der Waals surface area contributed by atoms with Crippen molar-refractivity contribution in [1.29, 1.82) is 0 Å². The third-order valence-corrected chi connectivity index (χ3v) is 3.76. The SMILES string of the molecule is COc1ccccc1CCNc1ccc(C(=O)NCCN(C)C)nc1. The number of amides is 1. The summed E-state index contributed by atoms with van der Waals surface area (Å²) in [6.45, 7) is 2.16. The topological polar surface area (TPSA) is 66.5 Å². The summed E-state index contributed by atoms with van der Waals surface area (Å²) in [4.78, 5) is 18.2. The van der Waals surface area contributed by atoms with Crippen LogP contribution in [0.4, 0.5) is 5.69 Å². The van der Waals surface area contributed by atoms with Crippen LogP contribution < -0.4 is 15.4 Å². The van der Waals surface area contributed by atoms with E-state index in [1.807, 2.05) is 43.3 Å². The van der Waals surface area contributed by atoms with Gasteiger partial charge >= 0.3 is 0 Å². The van der Waals surface area contributed by atoms with Gasteiger partial charge in [-0.05, 0) is 44.3 Å². The monoisotopic (exact) mass is 342 g/mol. The maximum absolute atomic E-state index is 12.0. The minimum atomic E-state index is -0.151. The molecule has 0 fully saturated rings. The first kappa shape index (κ1) is 18.7. The van der Waals surface area contributed by atoms with Gasteiger partial charge in [0.05, 0.1) is 19.0 Å². The largest absolute Gasteiger partial charge is 0.496 e. The maximum Gasteiger partial charge on any atom is 0.269 e. The Kier molecular flexibility index (Phi) is 7.22. The predicted octanol–water partition coefficient (Wildman–Crippen LogP) is 2.04. The number of carbonyl (C=O) groups excluding carboxylic acids is 1. The fourth-order valence-corrected chi connectivity index (χ4v) is 2.37. The number of anilines is 1. The minimum Gasteiger partial charge on any atom is -0.496 e. The molecule has 134 valence electrons. The number of nitrogens with one attached hydrogen (secondary N) is 2. The Bertz CT molecular complexity index is 671. The fraction of sp³-hybridized carbons (Fsp3) is 0.368. The number of likely N-dealkylation sites (N-methyl/N-ethyl adjacent to an activating group) is 1. The number of nitrogens with zero attached hydrogens (tertiary/aromatic N) is 2. The first-order valence-electron chi connectivity index (χ1n) is 8.35. The lowest BCUT2D eigenvalue weighted by Crippen LogP contribution is -2.31. The van der Waals surface area contributed by atoms with Gasteiger partial charge in [-0.25, -0.2) is 4.98 Å². The van der Waals surface area contributed by atoms with Crippen LogP contribution in [0.15, 0.2) is 42.6 Å². The number of rotatable bonds is 9. The van der Waals surface area contributed by atoms with Gasteiger partial charge < -0.3 is 20.3 Å². The molecule has 0 spiro atoms. The molecule has 2 rings (SSSR count). The molecule has 1 aromatic carbocycles. The Morgan fingerprint density at radius 3 is 2.64 bits per heavy atom. The molecule has 1 aromatic heterocycles. The van der Waals surface area contributed by atoms with E-state index in [4.69, 9.17) is 4.74 Å². The van der Waals surface area contributed by atoms with Gasteiger partial charge in [-0.15, -0.1) is 0 Å². The third kappa shape index (κ3) is 6.08. The van der Waals surface area contributed by atoms with Crippen molar-refractivity contribution in [2.45, 2.75) is 6.42 Å². The summed E-state index contributed by atoms with van der Waals surface area (Å²) in [5, 5.41) is 6.16. The van der Waals surface area contributed by atoms with E-state index in [1.165, 1.54) is 0 Å². The summed E-state index contributed by atoms with van der Waals surface area (Å²) in [5.41, 5.74) is 2.47. The number of methoxy groups -OCH3 is 1. The number of para-hydroxylation sites is 1. The Balaban J connectivity index is 1.81. The molecule has 6 nitrogen and oxygen atoms in total. The van der Waals surface area contributed by atoms with Crippen LogP contribution in [-0.2, 0) is 6.42 Å². The lowest BCUT2D eigenvalue weighted by Gasteiger charge is -2.11. The van der Waals surface area contributed by atoms with Crippen LogP contribution in [0.1, 0.15) is 16.1 Å². The smallest absolute Gasteiger partial charge is 0.269 e. The van der Waals surface area contributed by atoms with E-state index >= 15 is 0 Å². The molecule has 0 aliphatic heterocycles. The molecule has 0 bridgehead atoms. The van der Waals surface area contributed by atoms with Gasteiger partial charge in [-0.1, -0.05) is 18.2 Å². The number of benzene rings is 1. The predicted molar refractivity (Wildman–Crippen MR) is 100 cm³/mol. The van der Waals surface area contributed by atoms with Crippen LogP contribution in [0.2, 0.25) is 0 Å². The highest BCUT2D eigenvalue weighted by Crippen LogP contribution is 2.17. The molecule has 0 radical (unpaired) electrons. The van der Waals surface area contributed by atoms with Gasteiger partial charge in [-0.3, -0.25) is 4.79 Å². The molecule has 25 heavy (non-hydrogen) atoms. The fourth-order valence-electron chi connectivity index (χ4n) is 2.37. The van der Waals surface area contributed by atoms with Gasteiger partial charge in [0, 0.05) is 19.6 Å². The highest BCUT2D eigenvalue weighted by molar-refractivity contribution is 5.92. The molecule has 1 heterocycles. The van der Waals surface area contributed by atoms with E-state index in [1.54, 1.807) is 19.4 Å². The average molecular weight is 342 g/mol. The van der Waals surface area contributed by atoms with E-state index in [9.17, 15) is 4.79 Å². The van der Waals surface area contributed by atoms with E-state index in [-0.39, 0.29) is 5.91 Å². The van der Waals surface area contributed by atoms with Gasteiger partial charge in [0.15, 0.2) is 0 Å². The number of aromatic nitrogens is 1. The van der Waals surface area contributed by atoms with Gasteiger partial charge in [0.25, 0.3) is 5.91 Å². The van der Waals surface area contributed by atoms with Crippen molar-refractivity contribution in [3.8, 4) is 5.75 Å². The zero-order chi connectivity index (χ0) is 18.1. The summed E-state index contributed by atoms with van der Waals surface area (Å²) in [7, 11) is 5.62. The number of ether oxygens (including phenoxy) is 1. The van der Waals surface area contributed by atoms with Crippen LogP contribution >= 0.6 is 0 Å². The van der Waals surface area contributed by atoms with Gasteiger partial charge in [0.2, 0.25) is 0 Å². The summed E-state index contributed by atoms with van der Waals surface area (Å²) < 4.78 is 5.35. The second kappa shape index (κ2) is 9.64. The lowest BCUT2D eigenvalue weighted by atomic mass is 10.1. The van der Waals surface area contributed by atoms with Crippen LogP contribution in [0.3, 0.4) is 0 Å². The minimum absolute atomic E-state index is 0.151. The molecular weight excluding hydrogens is 316 g/mol. The van der Waals surface area contributed by atoms with Gasteiger partial charge in [0.1, 0.15) is 11.4 Å². The van der Waals surface area contributed by atoms with Gasteiger partial charge in [-0.2, -0.15) is 0 Å². The first-order valence-corrected chi connectivity index (χ1v) is 8.35. The number of carbonyl (C=O) groups is 1. The van der Waals surface area contributed by atoms with E-state index in [0.29, 0.717) is 12.2 Å². The molecule has 0 saturated heterocycles. The summed E-state index contributed by atoms with van der Waals surface area (Å²) in [6.07, 6.45) is 2.53. The zero-order valence-electron chi connectivity index (χ0n) is 15.1. The molecule has 6 heteroatoms. The number of pyridine rings is 1. The van der Waals surface area contributed by atoms with Crippen LogP contribution in [-0.4, -0.2) is 56.6 Å². The van der Waals surface area contributed by atoms with Crippen molar-refractivity contribution in [2.24, 2.45) is 0 Å². The normalized spacial score (nSPS) is 10.6. The van der Waals surface area contributed by atoms with Crippen molar-refractivity contribution < 1.29 is 9.53 Å². The lowest BCUT2D eigenvalue weighted by molar-refractivity contribution is 0.0946. The zero-order valence-corrected chi connectivity index (χ0v) is 15.1. The molecule has 2 aromatic rings. The number of hydrogen-bond acceptors (Lipinski definition) is 5. The summed E-state index contributed by atoms with van der Waals surface area (Å²) in [5.74, 6) is 0.745. The van der Waals surface area contributed by atoms with Crippen LogP contribution in [0.5, 0.6) is 5.75 Å². The Hall–Kier alpha value is -2.60. The van der Waals surface area contributed by atoms with Crippen molar-refractivity contribution in [3.63, 3.8) is 0 Å². The second-order valence-corrected chi connectivity index (χ2v) is 5.98. The third-order valence-electron chi connectivity index (χ3n) is 3.76. The van der Waals surface area contributed by atoms with E-state index < -0.39 is 0 Å². The summed E-state index contributed by atoms with van der Waals surface area (Å²) in [6, 6.07) is 11.6. The Labute approximate surface area is 149 Å². The maximum atomic E-state index is 12.0.